The van der Waals surface area contributed by atoms with Crippen molar-refractivity contribution in [2.75, 3.05) is 0 Å². The standard InChI is InChI=1S/C28H30F4O/c29-24-23(20-13-8-6-4-2-1-3-5-7-9-14-20)25(30)27(32)28(26(24)31)33-22-17-16-19-12-10-11-15-21(19)18-22/h10-12,15-18,20H,1-9,13-14H2. The lowest BCUT2D eigenvalue weighted by Crippen LogP contribution is -2.11. The fourth-order valence-corrected chi connectivity index (χ4v) is 4.88. The monoisotopic (exact) mass is 458 g/mol. The van der Waals surface area contributed by atoms with Crippen LogP contribution in [0, 0.1) is 23.3 Å². The fourth-order valence-electron chi connectivity index (χ4n) is 4.88. The van der Waals surface area contributed by atoms with Crippen LogP contribution in [0.5, 0.6) is 11.5 Å². The van der Waals surface area contributed by atoms with Crippen molar-refractivity contribution in [1.29, 1.82) is 0 Å². The summed E-state index contributed by atoms with van der Waals surface area (Å²) >= 11 is 0. The van der Waals surface area contributed by atoms with Gasteiger partial charge in [0, 0.05) is 5.56 Å². The number of rotatable bonds is 3. The maximum Gasteiger partial charge on any atom is 0.204 e. The van der Waals surface area contributed by atoms with E-state index in [1.165, 1.54) is 12.5 Å². The third-order valence-corrected chi connectivity index (χ3v) is 6.71. The van der Waals surface area contributed by atoms with Crippen LogP contribution in [-0.2, 0) is 0 Å². The Morgan fingerprint density at radius 3 is 1.67 bits per heavy atom. The van der Waals surface area contributed by atoms with Crippen LogP contribution in [0.3, 0.4) is 0 Å². The molecule has 1 saturated carbocycles. The molecule has 3 aromatic rings. The van der Waals surface area contributed by atoms with Gasteiger partial charge in [-0.05, 0) is 41.7 Å². The molecule has 176 valence electrons. The fraction of sp³-hybridized carbons (Fsp3) is 0.429. The van der Waals surface area contributed by atoms with E-state index >= 15 is 8.78 Å². The quantitative estimate of drug-likeness (QED) is 0.280. The van der Waals surface area contributed by atoms with E-state index in [-0.39, 0.29) is 5.75 Å². The molecule has 0 N–H and O–H groups in total. The molecule has 0 bridgehead atoms. The molecule has 0 heterocycles. The number of fused-ring (bicyclic) bond motifs is 1. The minimum absolute atomic E-state index is 0.115. The third kappa shape index (κ3) is 5.51. The van der Waals surface area contributed by atoms with Gasteiger partial charge in [-0.1, -0.05) is 88.1 Å². The average molecular weight is 459 g/mol. The predicted molar refractivity (Wildman–Crippen MR) is 124 cm³/mol. The Hall–Kier alpha value is -2.56. The van der Waals surface area contributed by atoms with Gasteiger partial charge in [0.15, 0.2) is 11.6 Å². The van der Waals surface area contributed by atoms with Crippen molar-refractivity contribution in [1.82, 2.24) is 0 Å². The predicted octanol–water partition coefficient (Wildman–Crippen LogP) is 9.58. The second-order valence-electron chi connectivity index (χ2n) is 9.07. The number of ether oxygens (including phenoxy) is 1. The molecule has 0 spiro atoms. The van der Waals surface area contributed by atoms with Gasteiger partial charge in [0.2, 0.25) is 17.4 Å². The summed E-state index contributed by atoms with van der Waals surface area (Å²) in [5, 5.41) is 1.71. The second-order valence-corrected chi connectivity index (χ2v) is 9.07. The Kier molecular flexibility index (Phi) is 7.89. The summed E-state index contributed by atoms with van der Waals surface area (Å²) in [4.78, 5) is 0. The highest BCUT2D eigenvalue weighted by Gasteiger charge is 2.31. The van der Waals surface area contributed by atoms with E-state index in [0.717, 1.165) is 62.1 Å². The summed E-state index contributed by atoms with van der Waals surface area (Å²) in [5.41, 5.74) is -0.465. The first kappa shape index (κ1) is 23.6. The summed E-state index contributed by atoms with van der Waals surface area (Å²) in [6.45, 7) is 0. The minimum Gasteiger partial charge on any atom is -0.451 e. The van der Waals surface area contributed by atoms with Crippen molar-refractivity contribution >= 4 is 10.8 Å². The molecule has 0 unspecified atom stereocenters. The van der Waals surface area contributed by atoms with Crippen LogP contribution in [-0.4, -0.2) is 0 Å². The Labute approximate surface area is 192 Å². The van der Waals surface area contributed by atoms with E-state index in [0.29, 0.717) is 12.8 Å². The SMILES string of the molecule is Fc1c(F)c(C2CCCCCCCCCCC2)c(F)c(F)c1Oc1ccc2ccccc2c1. The molecule has 3 aromatic carbocycles. The van der Waals surface area contributed by atoms with Crippen molar-refractivity contribution in [3.05, 3.63) is 71.3 Å². The summed E-state index contributed by atoms with van der Waals surface area (Å²) < 4.78 is 65.6. The van der Waals surface area contributed by atoms with Crippen LogP contribution in [0.1, 0.15) is 82.1 Å². The average Bonchev–Trinajstić information content (AvgIpc) is 2.82. The first-order valence-electron chi connectivity index (χ1n) is 12.1. The first-order valence-corrected chi connectivity index (χ1v) is 12.1. The summed E-state index contributed by atoms with van der Waals surface area (Å²) in [5.74, 6) is -7.06. The molecule has 1 fully saturated rings. The molecule has 0 saturated heterocycles. The highest BCUT2D eigenvalue weighted by molar-refractivity contribution is 5.83. The molecule has 0 aliphatic heterocycles. The Balaban J connectivity index is 1.63. The maximum absolute atomic E-state index is 15.1. The van der Waals surface area contributed by atoms with Crippen molar-refractivity contribution in [2.24, 2.45) is 0 Å². The molecule has 1 nitrogen and oxygen atoms in total. The van der Waals surface area contributed by atoms with E-state index in [9.17, 15) is 8.78 Å². The van der Waals surface area contributed by atoms with Gasteiger partial charge in [-0.3, -0.25) is 0 Å². The van der Waals surface area contributed by atoms with Crippen LogP contribution in [0.25, 0.3) is 10.8 Å². The van der Waals surface area contributed by atoms with Crippen molar-refractivity contribution < 1.29 is 22.3 Å². The molecule has 1 aliphatic rings. The third-order valence-electron chi connectivity index (χ3n) is 6.71. The van der Waals surface area contributed by atoms with Crippen LogP contribution in [0.4, 0.5) is 17.6 Å². The Bertz CT molecular complexity index is 1050. The van der Waals surface area contributed by atoms with Crippen LogP contribution in [0.15, 0.2) is 42.5 Å². The number of halogens is 4. The molecule has 4 rings (SSSR count). The van der Waals surface area contributed by atoms with Gasteiger partial charge in [-0.15, -0.1) is 0 Å². The van der Waals surface area contributed by atoms with E-state index in [4.69, 9.17) is 4.74 Å². The smallest absolute Gasteiger partial charge is 0.204 e. The van der Waals surface area contributed by atoms with Gasteiger partial charge >= 0.3 is 0 Å². The topological polar surface area (TPSA) is 9.23 Å². The molecular formula is C28H30F4O. The largest absolute Gasteiger partial charge is 0.451 e. The van der Waals surface area contributed by atoms with Crippen molar-refractivity contribution in [3.8, 4) is 11.5 Å². The maximum atomic E-state index is 15.1. The zero-order valence-corrected chi connectivity index (χ0v) is 18.8. The Morgan fingerprint density at radius 2 is 1.09 bits per heavy atom. The first-order chi connectivity index (χ1) is 16.1. The molecule has 0 aromatic heterocycles. The molecule has 0 radical (unpaired) electrons. The lowest BCUT2D eigenvalue weighted by atomic mass is 9.86. The number of hydrogen-bond donors (Lipinski definition) is 0. The summed E-state index contributed by atoms with van der Waals surface area (Å²) in [6.07, 6.45) is 10.3. The van der Waals surface area contributed by atoms with E-state index in [1.54, 1.807) is 12.1 Å². The second kappa shape index (κ2) is 11.0. The molecule has 1 aliphatic carbocycles. The summed E-state index contributed by atoms with van der Waals surface area (Å²) in [6, 6.07) is 12.2. The molecule has 0 amide bonds. The van der Waals surface area contributed by atoms with E-state index < -0.39 is 40.5 Å². The zero-order chi connectivity index (χ0) is 23.2. The van der Waals surface area contributed by atoms with Crippen molar-refractivity contribution in [3.63, 3.8) is 0 Å². The zero-order valence-electron chi connectivity index (χ0n) is 18.8. The highest BCUT2D eigenvalue weighted by atomic mass is 19.2. The van der Waals surface area contributed by atoms with E-state index in [1.807, 2.05) is 24.3 Å². The lowest BCUT2D eigenvalue weighted by molar-refractivity contribution is 0.349. The van der Waals surface area contributed by atoms with Gasteiger partial charge in [0.05, 0.1) is 0 Å². The number of hydrogen-bond acceptors (Lipinski definition) is 1. The Morgan fingerprint density at radius 1 is 0.576 bits per heavy atom. The van der Waals surface area contributed by atoms with Crippen LogP contribution in [0.2, 0.25) is 0 Å². The van der Waals surface area contributed by atoms with Gasteiger partial charge in [-0.25, -0.2) is 8.78 Å². The summed E-state index contributed by atoms with van der Waals surface area (Å²) in [7, 11) is 0. The molecule has 0 atom stereocenters. The minimum atomic E-state index is -1.47. The van der Waals surface area contributed by atoms with Gasteiger partial charge < -0.3 is 4.74 Å². The normalized spacial score (nSPS) is 16.8. The van der Waals surface area contributed by atoms with E-state index in [2.05, 4.69) is 0 Å². The lowest BCUT2D eigenvalue weighted by Gasteiger charge is -2.21. The number of benzene rings is 3. The van der Waals surface area contributed by atoms with Crippen LogP contribution >= 0.6 is 0 Å². The molecule has 33 heavy (non-hydrogen) atoms. The molecular weight excluding hydrogens is 428 g/mol. The van der Waals surface area contributed by atoms with Crippen LogP contribution < -0.4 is 4.74 Å². The van der Waals surface area contributed by atoms with Crippen molar-refractivity contribution in [2.45, 2.75) is 76.5 Å². The molecule has 5 heteroatoms. The van der Waals surface area contributed by atoms with Gasteiger partial charge in [-0.2, -0.15) is 8.78 Å². The van der Waals surface area contributed by atoms with Gasteiger partial charge in [0.1, 0.15) is 5.75 Å². The highest BCUT2D eigenvalue weighted by Crippen LogP contribution is 2.40. The van der Waals surface area contributed by atoms with Gasteiger partial charge in [0.25, 0.3) is 0 Å².